The summed E-state index contributed by atoms with van der Waals surface area (Å²) in [5, 5.41) is 18.6. The van der Waals surface area contributed by atoms with E-state index in [1.807, 2.05) is 30.3 Å². The van der Waals surface area contributed by atoms with Crippen LogP contribution >= 0.6 is 12.2 Å². The number of hydrogen-bond acceptors (Lipinski definition) is 3. The van der Waals surface area contributed by atoms with E-state index in [-0.39, 0.29) is 11.9 Å². The third-order valence-corrected chi connectivity index (χ3v) is 3.91. The van der Waals surface area contributed by atoms with Gasteiger partial charge in [-0.2, -0.15) is 0 Å². The van der Waals surface area contributed by atoms with Crippen LogP contribution in [0.15, 0.2) is 36.4 Å². The summed E-state index contributed by atoms with van der Waals surface area (Å²) in [5.74, 6) is 0.273. The van der Waals surface area contributed by atoms with Crippen LogP contribution in [-0.2, 0) is 4.74 Å². The van der Waals surface area contributed by atoms with Crippen LogP contribution in [0.2, 0.25) is 0 Å². The molecular weight excluding hydrogens is 284 g/mol. The number of aromatic hydroxyl groups is 1. The molecule has 1 aliphatic rings. The second-order valence-electron chi connectivity index (χ2n) is 5.15. The second-order valence-corrected chi connectivity index (χ2v) is 5.56. The molecule has 3 rings (SSSR count). The van der Waals surface area contributed by atoms with E-state index in [1.165, 1.54) is 0 Å². The minimum Gasteiger partial charge on any atom is -0.507 e. The SMILES string of the molecule is Oc1cccc2c(NC(=S)NC[C@@H]3CCCO3)cccc12. The van der Waals surface area contributed by atoms with Gasteiger partial charge in [0.05, 0.1) is 6.10 Å². The number of nitrogens with one attached hydrogen (secondary N) is 2. The van der Waals surface area contributed by atoms with Crippen LogP contribution in [0, 0.1) is 0 Å². The quantitative estimate of drug-likeness (QED) is 0.761. The van der Waals surface area contributed by atoms with E-state index >= 15 is 0 Å². The Morgan fingerprint density at radius 1 is 1.24 bits per heavy atom. The molecule has 0 bridgehead atoms. The molecule has 1 atom stereocenters. The number of anilines is 1. The number of rotatable bonds is 3. The number of benzene rings is 2. The van der Waals surface area contributed by atoms with Crippen LogP contribution in [0.25, 0.3) is 10.8 Å². The molecule has 1 aliphatic heterocycles. The fraction of sp³-hybridized carbons (Fsp3) is 0.312. The highest BCUT2D eigenvalue weighted by Crippen LogP contribution is 2.29. The summed E-state index contributed by atoms with van der Waals surface area (Å²) in [5.41, 5.74) is 0.883. The summed E-state index contributed by atoms with van der Waals surface area (Å²) in [6.45, 7) is 1.57. The van der Waals surface area contributed by atoms with Crippen molar-refractivity contribution in [1.29, 1.82) is 0 Å². The minimum absolute atomic E-state index is 0.251. The van der Waals surface area contributed by atoms with Gasteiger partial charge in [0.2, 0.25) is 0 Å². The van der Waals surface area contributed by atoms with Crippen LogP contribution in [0.5, 0.6) is 5.75 Å². The maximum atomic E-state index is 9.88. The lowest BCUT2D eigenvalue weighted by atomic mass is 10.1. The monoisotopic (exact) mass is 302 g/mol. The molecule has 0 aromatic heterocycles. The fourth-order valence-corrected chi connectivity index (χ4v) is 2.77. The Morgan fingerprint density at radius 3 is 2.86 bits per heavy atom. The smallest absolute Gasteiger partial charge is 0.170 e. The Labute approximate surface area is 129 Å². The van der Waals surface area contributed by atoms with E-state index in [4.69, 9.17) is 17.0 Å². The third kappa shape index (κ3) is 3.25. The molecule has 0 saturated carbocycles. The third-order valence-electron chi connectivity index (χ3n) is 3.66. The fourth-order valence-electron chi connectivity index (χ4n) is 2.58. The van der Waals surface area contributed by atoms with Crippen molar-refractivity contribution < 1.29 is 9.84 Å². The van der Waals surface area contributed by atoms with Gasteiger partial charge in [0.25, 0.3) is 0 Å². The Kier molecular flexibility index (Phi) is 4.22. The van der Waals surface area contributed by atoms with Crippen molar-refractivity contribution in [2.45, 2.75) is 18.9 Å². The van der Waals surface area contributed by atoms with E-state index in [0.29, 0.717) is 5.11 Å². The molecule has 0 amide bonds. The lowest BCUT2D eigenvalue weighted by molar-refractivity contribution is 0.114. The lowest BCUT2D eigenvalue weighted by Crippen LogP contribution is -2.34. The highest BCUT2D eigenvalue weighted by Gasteiger charge is 2.15. The van der Waals surface area contributed by atoms with Crippen molar-refractivity contribution in [1.82, 2.24) is 5.32 Å². The molecule has 21 heavy (non-hydrogen) atoms. The molecule has 4 nitrogen and oxygen atoms in total. The van der Waals surface area contributed by atoms with E-state index in [9.17, 15) is 5.11 Å². The number of phenols is 1. The molecule has 2 aromatic carbocycles. The van der Waals surface area contributed by atoms with Crippen molar-refractivity contribution in [3.63, 3.8) is 0 Å². The maximum absolute atomic E-state index is 9.88. The van der Waals surface area contributed by atoms with Crippen molar-refractivity contribution in [2.75, 3.05) is 18.5 Å². The molecule has 0 unspecified atom stereocenters. The van der Waals surface area contributed by atoms with Crippen molar-refractivity contribution in [2.24, 2.45) is 0 Å². The Morgan fingerprint density at radius 2 is 2.05 bits per heavy atom. The summed E-state index contributed by atoms with van der Waals surface area (Å²) < 4.78 is 5.56. The van der Waals surface area contributed by atoms with E-state index in [2.05, 4.69) is 10.6 Å². The van der Waals surface area contributed by atoms with Gasteiger partial charge in [-0.05, 0) is 37.2 Å². The van der Waals surface area contributed by atoms with Gasteiger partial charge in [0.1, 0.15) is 5.75 Å². The van der Waals surface area contributed by atoms with Crippen LogP contribution in [0.4, 0.5) is 5.69 Å². The van der Waals surface area contributed by atoms with Crippen LogP contribution in [0.3, 0.4) is 0 Å². The first-order valence-electron chi connectivity index (χ1n) is 7.11. The van der Waals surface area contributed by atoms with Crippen LogP contribution < -0.4 is 10.6 Å². The molecule has 1 saturated heterocycles. The molecule has 0 aliphatic carbocycles. The van der Waals surface area contributed by atoms with Gasteiger partial charge in [-0.3, -0.25) is 0 Å². The van der Waals surface area contributed by atoms with Gasteiger partial charge in [-0.1, -0.05) is 24.3 Å². The molecule has 0 radical (unpaired) electrons. The number of hydrogen-bond donors (Lipinski definition) is 3. The van der Waals surface area contributed by atoms with E-state index in [1.54, 1.807) is 6.07 Å². The van der Waals surface area contributed by atoms with E-state index in [0.717, 1.165) is 42.5 Å². The Hall–Kier alpha value is -1.85. The molecule has 0 spiro atoms. The Balaban J connectivity index is 1.69. The van der Waals surface area contributed by atoms with Crippen molar-refractivity contribution >= 4 is 33.8 Å². The summed E-state index contributed by atoms with van der Waals surface area (Å²) in [4.78, 5) is 0. The Bertz CT molecular complexity index is 654. The van der Waals surface area contributed by atoms with Crippen LogP contribution in [0.1, 0.15) is 12.8 Å². The highest BCUT2D eigenvalue weighted by molar-refractivity contribution is 7.80. The maximum Gasteiger partial charge on any atom is 0.170 e. The normalized spacial score (nSPS) is 17.8. The number of thiocarbonyl (C=S) groups is 1. The number of fused-ring (bicyclic) bond motifs is 1. The van der Waals surface area contributed by atoms with Gasteiger partial charge < -0.3 is 20.5 Å². The first-order chi connectivity index (χ1) is 10.2. The molecule has 3 N–H and O–H groups in total. The predicted octanol–water partition coefficient (Wildman–Crippen LogP) is 3.01. The van der Waals surface area contributed by atoms with Crippen LogP contribution in [-0.4, -0.2) is 29.5 Å². The van der Waals surface area contributed by atoms with Gasteiger partial charge in [0, 0.05) is 29.6 Å². The topological polar surface area (TPSA) is 53.5 Å². The van der Waals surface area contributed by atoms with Crippen molar-refractivity contribution in [3.8, 4) is 5.75 Å². The average molecular weight is 302 g/mol. The summed E-state index contributed by atoms with van der Waals surface area (Å²) in [6.07, 6.45) is 2.45. The zero-order valence-electron chi connectivity index (χ0n) is 11.6. The number of phenolic OH excluding ortho intramolecular Hbond substituents is 1. The predicted molar refractivity (Wildman–Crippen MR) is 88.8 cm³/mol. The summed E-state index contributed by atoms with van der Waals surface area (Å²) >= 11 is 5.33. The molecular formula is C16H18N2O2S. The van der Waals surface area contributed by atoms with E-state index < -0.39 is 0 Å². The first-order valence-corrected chi connectivity index (χ1v) is 7.52. The zero-order chi connectivity index (χ0) is 14.7. The second kappa shape index (κ2) is 6.28. The van der Waals surface area contributed by atoms with Gasteiger partial charge >= 0.3 is 0 Å². The zero-order valence-corrected chi connectivity index (χ0v) is 12.5. The van der Waals surface area contributed by atoms with Crippen molar-refractivity contribution in [3.05, 3.63) is 36.4 Å². The minimum atomic E-state index is 0.251. The summed E-state index contributed by atoms with van der Waals surface area (Å²) in [7, 11) is 0. The molecule has 5 heteroatoms. The molecule has 1 heterocycles. The first kappa shape index (κ1) is 14.1. The van der Waals surface area contributed by atoms with Gasteiger partial charge in [-0.15, -0.1) is 0 Å². The number of ether oxygens (including phenoxy) is 1. The largest absolute Gasteiger partial charge is 0.507 e. The highest BCUT2D eigenvalue weighted by atomic mass is 32.1. The molecule has 110 valence electrons. The summed E-state index contributed by atoms with van der Waals surface area (Å²) in [6, 6.07) is 11.2. The standard InChI is InChI=1S/C16H18N2O2S/c19-15-8-2-5-12-13(15)6-1-7-14(12)18-16(21)17-10-11-4-3-9-20-11/h1-2,5-8,11,19H,3-4,9-10H2,(H2,17,18,21)/t11-/m0/s1. The average Bonchev–Trinajstić information content (AvgIpc) is 3.00. The lowest BCUT2D eigenvalue weighted by Gasteiger charge is -2.15. The molecule has 2 aromatic rings. The van der Waals surface area contributed by atoms with Gasteiger partial charge in [0.15, 0.2) is 5.11 Å². The van der Waals surface area contributed by atoms with Gasteiger partial charge in [-0.25, -0.2) is 0 Å². The molecule has 1 fully saturated rings.